The predicted molar refractivity (Wildman–Crippen MR) is 53.5 cm³/mol. The Balaban J connectivity index is 2.39. The molecule has 0 aromatic heterocycles. The molecular formula is C11H10N2O. The fraction of sp³-hybridized carbons (Fsp3) is 0.273. The van der Waals surface area contributed by atoms with Gasteiger partial charge in [0.25, 0.3) is 0 Å². The Bertz CT molecular complexity index is 407. The third-order valence-electron chi connectivity index (χ3n) is 2.39. The fourth-order valence-electron chi connectivity index (χ4n) is 1.65. The maximum atomic E-state index is 8.85. The van der Waals surface area contributed by atoms with Crippen molar-refractivity contribution in [2.24, 2.45) is 10.9 Å². The Morgan fingerprint density at radius 1 is 1.57 bits per heavy atom. The molecule has 1 unspecified atom stereocenters. The Hall–Kier alpha value is -1.82. The van der Waals surface area contributed by atoms with Crippen molar-refractivity contribution in [1.29, 1.82) is 5.26 Å². The van der Waals surface area contributed by atoms with Crippen LogP contribution in [0.2, 0.25) is 0 Å². The molecule has 3 nitrogen and oxygen atoms in total. The Kier molecular flexibility index (Phi) is 2.19. The second-order valence-electron chi connectivity index (χ2n) is 3.18. The normalized spacial score (nSPS) is 24.0. The van der Waals surface area contributed by atoms with Gasteiger partial charge in [0, 0.05) is 12.1 Å². The van der Waals surface area contributed by atoms with Gasteiger partial charge in [-0.15, -0.1) is 0 Å². The molecule has 1 atom stereocenters. The van der Waals surface area contributed by atoms with Gasteiger partial charge in [-0.05, 0) is 24.1 Å². The molecule has 1 heterocycles. The zero-order valence-corrected chi connectivity index (χ0v) is 7.90. The van der Waals surface area contributed by atoms with Crippen LogP contribution in [0.4, 0.5) is 0 Å². The number of fused-ring (bicyclic) bond motifs is 1. The third-order valence-corrected chi connectivity index (χ3v) is 2.39. The number of ether oxygens (including phenoxy) is 1. The van der Waals surface area contributed by atoms with Crippen LogP contribution in [-0.2, 0) is 4.74 Å². The van der Waals surface area contributed by atoms with E-state index in [1.54, 1.807) is 13.3 Å². The molecule has 2 aliphatic rings. The molecule has 0 bridgehead atoms. The zero-order chi connectivity index (χ0) is 9.97. The van der Waals surface area contributed by atoms with E-state index in [0.29, 0.717) is 5.70 Å². The number of nitriles is 1. The SMILES string of the molecule is COC1=CC2CC=NC(C#N)=C2C=C1. The van der Waals surface area contributed by atoms with E-state index in [4.69, 9.17) is 10.00 Å². The molecule has 0 aromatic rings. The molecule has 0 saturated heterocycles. The molecule has 2 rings (SSSR count). The molecule has 70 valence electrons. The summed E-state index contributed by atoms with van der Waals surface area (Å²) in [5.74, 6) is 1.11. The lowest BCUT2D eigenvalue weighted by atomic mass is 9.88. The monoisotopic (exact) mass is 186 g/mol. The summed E-state index contributed by atoms with van der Waals surface area (Å²) in [6.45, 7) is 0. The molecular weight excluding hydrogens is 176 g/mol. The van der Waals surface area contributed by atoms with Crippen LogP contribution in [0.3, 0.4) is 0 Å². The first kappa shape index (κ1) is 8.76. The molecule has 0 N–H and O–H groups in total. The van der Waals surface area contributed by atoms with Gasteiger partial charge in [0.2, 0.25) is 0 Å². The van der Waals surface area contributed by atoms with Gasteiger partial charge in [0.15, 0.2) is 0 Å². The molecule has 0 aromatic carbocycles. The topological polar surface area (TPSA) is 45.4 Å². The van der Waals surface area contributed by atoms with Crippen LogP contribution in [0.1, 0.15) is 6.42 Å². The predicted octanol–water partition coefficient (Wildman–Crippen LogP) is 1.95. The van der Waals surface area contributed by atoms with E-state index >= 15 is 0 Å². The Morgan fingerprint density at radius 3 is 3.14 bits per heavy atom. The van der Waals surface area contributed by atoms with Gasteiger partial charge >= 0.3 is 0 Å². The van der Waals surface area contributed by atoms with Crippen molar-refractivity contribution in [3.05, 3.63) is 35.3 Å². The van der Waals surface area contributed by atoms with Crippen molar-refractivity contribution in [3.63, 3.8) is 0 Å². The number of nitrogens with zero attached hydrogens (tertiary/aromatic N) is 2. The van der Waals surface area contributed by atoms with Crippen molar-refractivity contribution in [1.82, 2.24) is 0 Å². The summed E-state index contributed by atoms with van der Waals surface area (Å²) in [7, 11) is 1.65. The quantitative estimate of drug-likeness (QED) is 0.628. The van der Waals surface area contributed by atoms with Crippen LogP contribution in [-0.4, -0.2) is 13.3 Å². The third kappa shape index (κ3) is 1.35. The standard InChI is InChI=1S/C11H10N2O/c1-14-9-2-3-10-8(6-9)4-5-13-11(10)7-12/h2-3,5-6,8H,4H2,1H3. The summed E-state index contributed by atoms with van der Waals surface area (Å²) in [4.78, 5) is 4.06. The van der Waals surface area contributed by atoms with Gasteiger partial charge in [-0.25, -0.2) is 4.99 Å². The summed E-state index contributed by atoms with van der Waals surface area (Å²) in [5, 5.41) is 8.85. The maximum Gasteiger partial charge on any atom is 0.143 e. The average molecular weight is 186 g/mol. The minimum Gasteiger partial charge on any atom is -0.497 e. The summed E-state index contributed by atoms with van der Waals surface area (Å²) >= 11 is 0. The number of rotatable bonds is 1. The van der Waals surface area contributed by atoms with Crippen LogP contribution in [0.15, 0.2) is 40.2 Å². The highest BCUT2D eigenvalue weighted by Crippen LogP contribution is 2.30. The van der Waals surface area contributed by atoms with Crippen LogP contribution >= 0.6 is 0 Å². The van der Waals surface area contributed by atoms with Crippen LogP contribution in [0.5, 0.6) is 0 Å². The lowest BCUT2D eigenvalue weighted by Crippen LogP contribution is -2.11. The van der Waals surface area contributed by atoms with E-state index in [0.717, 1.165) is 17.8 Å². The highest BCUT2D eigenvalue weighted by Gasteiger charge is 2.20. The van der Waals surface area contributed by atoms with E-state index in [2.05, 4.69) is 11.1 Å². The lowest BCUT2D eigenvalue weighted by molar-refractivity contribution is 0.302. The van der Waals surface area contributed by atoms with Crippen molar-refractivity contribution in [3.8, 4) is 6.07 Å². The minimum absolute atomic E-state index is 0.252. The smallest absolute Gasteiger partial charge is 0.143 e. The van der Waals surface area contributed by atoms with E-state index in [1.807, 2.05) is 18.2 Å². The number of allylic oxidation sites excluding steroid dienone is 5. The van der Waals surface area contributed by atoms with Gasteiger partial charge in [-0.3, -0.25) is 0 Å². The lowest BCUT2D eigenvalue weighted by Gasteiger charge is -2.20. The first-order chi connectivity index (χ1) is 6.85. The summed E-state index contributed by atoms with van der Waals surface area (Å²) in [6, 6.07) is 2.10. The minimum atomic E-state index is 0.252. The molecule has 0 amide bonds. The Labute approximate surface area is 82.7 Å². The highest BCUT2D eigenvalue weighted by atomic mass is 16.5. The number of methoxy groups -OCH3 is 1. The van der Waals surface area contributed by atoms with E-state index in [1.165, 1.54) is 0 Å². The first-order valence-electron chi connectivity index (χ1n) is 4.46. The summed E-state index contributed by atoms with van der Waals surface area (Å²) in [5.41, 5.74) is 1.51. The van der Waals surface area contributed by atoms with Crippen molar-refractivity contribution >= 4 is 6.21 Å². The van der Waals surface area contributed by atoms with Gasteiger partial charge < -0.3 is 4.74 Å². The van der Waals surface area contributed by atoms with E-state index in [-0.39, 0.29) is 5.92 Å². The molecule has 1 aliphatic heterocycles. The van der Waals surface area contributed by atoms with E-state index < -0.39 is 0 Å². The van der Waals surface area contributed by atoms with Crippen LogP contribution < -0.4 is 0 Å². The Morgan fingerprint density at radius 2 is 2.43 bits per heavy atom. The zero-order valence-electron chi connectivity index (χ0n) is 7.90. The second-order valence-corrected chi connectivity index (χ2v) is 3.18. The maximum absolute atomic E-state index is 8.85. The molecule has 14 heavy (non-hydrogen) atoms. The molecule has 0 radical (unpaired) electrons. The number of aliphatic imine (C=N–C) groups is 1. The summed E-state index contributed by atoms with van der Waals surface area (Å²) in [6.07, 6.45) is 8.44. The van der Waals surface area contributed by atoms with Crippen molar-refractivity contribution < 1.29 is 4.74 Å². The van der Waals surface area contributed by atoms with Gasteiger partial charge in [-0.2, -0.15) is 5.26 Å². The van der Waals surface area contributed by atoms with Gasteiger partial charge in [0.05, 0.1) is 7.11 Å². The molecule has 0 saturated carbocycles. The van der Waals surface area contributed by atoms with Gasteiger partial charge in [-0.1, -0.05) is 6.08 Å². The highest BCUT2D eigenvalue weighted by molar-refractivity contribution is 5.66. The second kappa shape index (κ2) is 3.51. The van der Waals surface area contributed by atoms with Crippen LogP contribution in [0, 0.1) is 17.2 Å². The molecule has 0 fully saturated rings. The van der Waals surface area contributed by atoms with Crippen LogP contribution in [0.25, 0.3) is 0 Å². The number of hydrogen-bond acceptors (Lipinski definition) is 3. The largest absolute Gasteiger partial charge is 0.497 e. The average Bonchev–Trinajstić information content (AvgIpc) is 2.27. The van der Waals surface area contributed by atoms with Gasteiger partial charge in [0.1, 0.15) is 17.5 Å². The summed E-state index contributed by atoms with van der Waals surface area (Å²) < 4.78 is 5.13. The first-order valence-corrected chi connectivity index (χ1v) is 4.46. The molecule has 3 heteroatoms. The molecule has 1 aliphatic carbocycles. The van der Waals surface area contributed by atoms with Crippen molar-refractivity contribution in [2.45, 2.75) is 6.42 Å². The van der Waals surface area contributed by atoms with Crippen molar-refractivity contribution in [2.75, 3.05) is 7.11 Å². The number of hydrogen-bond donors (Lipinski definition) is 0. The fourth-order valence-corrected chi connectivity index (χ4v) is 1.65. The molecule has 0 spiro atoms. The van der Waals surface area contributed by atoms with E-state index in [9.17, 15) is 0 Å².